The smallest absolute Gasteiger partial charge is 0.330 e. The zero-order chi connectivity index (χ0) is 5.86. The van der Waals surface area contributed by atoms with Crippen LogP contribution in [0.5, 0.6) is 0 Å². The zero-order valence-electron chi connectivity index (χ0n) is 4.93. The van der Waals surface area contributed by atoms with E-state index < -0.39 is 5.97 Å². The van der Waals surface area contributed by atoms with Crippen LogP contribution in [0.4, 0.5) is 0 Å². The Morgan fingerprint density at radius 1 is 1.62 bits per heavy atom. The molecule has 0 aliphatic heterocycles. The van der Waals surface area contributed by atoms with Gasteiger partial charge in [0.15, 0.2) is 0 Å². The molecule has 0 heterocycles. The van der Waals surface area contributed by atoms with E-state index in [4.69, 9.17) is 5.11 Å². The van der Waals surface area contributed by atoms with Crippen molar-refractivity contribution in [3.05, 3.63) is 11.6 Å². The van der Waals surface area contributed by atoms with Crippen LogP contribution < -0.4 is 0 Å². The Morgan fingerprint density at radius 3 is 2.00 bits per heavy atom. The molecule has 0 atom stereocenters. The summed E-state index contributed by atoms with van der Waals surface area (Å²) in [5.74, 6) is -0.845. The van der Waals surface area contributed by atoms with Crippen LogP contribution in [0, 0.1) is 0 Å². The summed E-state index contributed by atoms with van der Waals surface area (Å²) in [5, 5.41) is 8.11. The predicted molar refractivity (Wildman–Crippen MR) is 27.1 cm³/mol. The molecule has 0 bridgehead atoms. The van der Waals surface area contributed by atoms with Gasteiger partial charge in [-0.05, 0) is 13.8 Å². The van der Waals surface area contributed by atoms with Crippen LogP contribution in [-0.4, -0.2) is 11.1 Å². The van der Waals surface area contributed by atoms with Crippen molar-refractivity contribution in [2.45, 2.75) is 13.8 Å². The summed E-state index contributed by atoms with van der Waals surface area (Å²) in [6.07, 6.45) is 1.56. The number of allylic oxidation sites excluding steroid dienone is 1. The molecular weight excluding hydrogens is 140 g/mol. The van der Waals surface area contributed by atoms with Crippen molar-refractivity contribution < 1.29 is 31.6 Å². The summed E-state index contributed by atoms with van der Waals surface area (Å²) in [4.78, 5) is 9.86. The fourth-order valence-corrected chi connectivity index (χ4v) is 0.123. The van der Waals surface area contributed by atoms with Gasteiger partial charge in [-0.1, -0.05) is 6.08 Å². The first kappa shape index (κ1) is 10.8. The first-order valence-corrected chi connectivity index (χ1v) is 2.04. The zero-order valence-corrected chi connectivity index (χ0v) is 6.49. The second kappa shape index (κ2) is 5.07. The van der Waals surface area contributed by atoms with Crippen molar-refractivity contribution in [2.24, 2.45) is 0 Å². The van der Waals surface area contributed by atoms with E-state index in [1.165, 1.54) is 0 Å². The van der Waals surface area contributed by atoms with Gasteiger partial charge in [-0.25, -0.2) is 4.79 Å². The molecule has 0 aromatic rings. The van der Waals surface area contributed by atoms with Gasteiger partial charge in [-0.3, -0.25) is 0 Å². The molecule has 44 valence electrons. The van der Waals surface area contributed by atoms with Crippen molar-refractivity contribution in [1.82, 2.24) is 0 Å². The maximum absolute atomic E-state index is 9.86. The number of rotatable bonds is 1. The number of carboxylic acid groups (broad SMARTS) is 1. The number of hydrogen-bond donors (Lipinski definition) is 1. The number of hydrogen-bond acceptors (Lipinski definition) is 1. The van der Waals surface area contributed by atoms with Gasteiger partial charge in [0.1, 0.15) is 0 Å². The van der Waals surface area contributed by atoms with Gasteiger partial charge in [-0.2, -0.15) is 0 Å². The Morgan fingerprint density at radius 2 is 2.00 bits per heavy atom. The van der Waals surface area contributed by atoms with Crippen LogP contribution in [0.1, 0.15) is 13.8 Å². The average molecular weight is 148 g/mol. The summed E-state index contributed by atoms with van der Waals surface area (Å²) in [7, 11) is 0. The molecule has 8 heavy (non-hydrogen) atoms. The molecule has 1 N–H and O–H groups in total. The Balaban J connectivity index is 0. The molecule has 0 saturated carbocycles. The van der Waals surface area contributed by atoms with E-state index in [0.29, 0.717) is 5.57 Å². The van der Waals surface area contributed by atoms with Crippen LogP contribution in [0.15, 0.2) is 11.6 Å². The molecule has 2 nitrogen and oxygen atoms in total. The van der Waals surface area contributed by atoms with Gasteiger partial charge in [0.25, 0.3) is 0 Å². The van der Waals surface area contributed by atoms with E-state index in [-0.39, 0.29) is 21.7 Å². The van der Waals surface area contributed by atoms with E-state index in [1.54, 1.807) is 19.9 Å². The third-order valence-corrected chi connectivity index (χ3v) is 0.770. The van der Waals surface area contributed by atoms with Crippen LogP contribution in [0.25, 0.3) is 0 Å². The molecule has 0 aliphatic carbocycles. The van der Waals surface area contributed by atoms with Gasteiger partial charge in [0, 0.05) is 27.3 Å². The first-order chi connectivity index (χ1) is 3.18. The van der Waals surface area contributed by atoms with Crippen molar-refractivity contribution >= 4 is 5.97 Å². The maximum Gasteiger partial charge on any atom is 0.330 e. The minimum absolute atomic E-state index is 0. The second-order valence-electron chi connectivity index (χ2n) is 1.28. The van der Waals surface area contributed by atoms with Gasteiger partial charge in [-0.15, -0.1) is 0 Å². The fraction of sp³-hybridized carbons (Fsp3) is 0.400. The third-order valence-electron chi connectivity index (χ3n) is 0.770. The minimum atomic E-state index is -0.845. The molecule has 0 rings (SSSR count). The van der Waals surface area contributed by atoms with E-state index in [2.05, 4.69) is 0 Å². The molecule has 3 heteroatoms. The maximum atomic E-state index is 9.86. The molecule has 0 fully saturated rings. The predicted octanol–water partition coefficient (Wildman–Crippen LogP) is 1.03. The van der Waals surface area contributed by atoms with E-state index >= 15 is 0 Å². The number of carbonyl (C=O) groups is 1. The molecule has 0 saturated heterocycles. The summed E-state index contributed by atoms with van der Waals surface area (Å²) in [6.45, 7) is 3.26. The summed E-state index contributed by atoms with van der Waals surface area (Å²) in [5.41, 5.74) is 0.389. The molecule has 0 spiro atoms. The third kappa shape index (κ3) is 4.09. The van der Waals surface area contributed by atoms with Crippen molar-refractivity contribution in [3.8, 4) is 0 Å². The van der Waals surface area contributed by atoms with E-state index in [9.17, 15) is 4.79 Å². The van der Waals surface area contributed by atoms with Gasteiger partial charge < -0.3 is 5.11 Å². The van der Waals surface area contributed by atoms with Crippen LogP contribution in [0.3, 0.4) is 0 Å². The Labute approximate surface area is 63.5 Å². The van der Waals surface area contributed by atoms with E-state index in [1.807, 2.05) is 0 Å². The van der Waals surface area contributed by atoms with E-state index in [0.717, 1.165) is 0 Å². The Hall–Kier alpha value is -0.0757. The molecule has 0 aromatic carbocycles. The van der Waals surface area contributed by atoms with Gasteiger partial charge in [0.2, 0.25) is 0 Å². The van der Waals surface area contributed by atoms with Crippen molar-refractivity contribution in [1.29, 1.82) is 0 Å². The average Bonchev–Trinajstić information content (AvgIpc) is 1.65. The largest absolute Gasteiger partial charge is 0.478 e. The van der Waals surface area contributed by atoms with Gasteiger partial charge in [0.05, 0.1) is 0 Å². The molecular formula is C5H8O2Ti. The molecule has 0 amide bonds. The van der Waals surface area contributed by atoms with Crippen molar-refractivity contribution in [2.75, 3.05) is 0 Å². The Kier molecular flexibility index (Phi) is 6.86. The summed E-state index contributed by atoms with van der Waals surface area (Å²) < 4.78 is 0. The monoisotopic (exact) mass is 148 g/mol. The van der Waals surface area contributed by atoms with Crippen LogP contribution >= 0.6 is 0 Å². The first-order valence-electron chi connectivity index (χ1n) is 2.04. The fourth-order valence-electron chi connectivity index (χ4n) is 0.123. The SMILES string of the molecule is CC=C(C)C(=O)O.[Ti]. The number of carboxylic acids is 1. The van der Waals surface area contributed by atoms with Crippen LogP contribution in [-0.2, 0) is 26.5 Å². The normalized spacial score (nSPS) is 10.0. The topological polar surface area (TPSA) is 37.3 Å². The Bertz CT molecular complexity index is 107. The van der Waals surface area contributed by atoms with Gasteiger partial charge >= 0.3 is 5.97 Å². The number of aliphatic carboxylic acids is 1. The molecule has 0 aliphatic rings. The summed E-state index contributed by atoms with van der Waals surface area (Å²) >= 11 is 0. The summed E-state index contributed by atoms with van der Waals surface area (Å²) in [6, 6.07) is 0. The standard InChI is InChI=1S/C5H8O2.Ti/c1-3-4(2)5(6)7;/h3H,1-2H3,(H,6,7);. The second-order valence-corrected chi connectivity index (χ2v) is 1.28. The molecule has 0 aromatic heterocycles. The molecule has 0 unspecified atom stereocenters. The molecule has 0 radical (unpaired) electrons. The quantitative estimate of drug-likeness (QED) is 0.445. The van der Waals surface area contributed by atoms with Crippen molar-refractivity contribution in [3.63, 3.8) is 0 Å². The van der Waals surface area contributed by atoms with Crippen LogP contribution in [0.2, 0.25) is 0 Å². The minimum Gasteiger partial charge on any atom is -0.478 e.